The Bertz CT molecular complexity index is 9690. The van der Waals surface area contributed by atoms with Crippen molar-refractivity contribution < 1.29 is 18.3 Å². The number of rotatable bonds is 6. The number of hydrogen-bond acceptors (Lipinski definition) is 0. The summed E-state index contributed by atoms with van der Waals surface area (Å²) < 4.78 is 32.9. The average Bonchev–Trinajstić information content (AvgIpc) is 1.59. The summed E-state index contributed by atoms with van der Waals surface area (Å²) >= 11 is 0. The lowest BCUT2D eigenvalue weighted by Crippen LogP contribution is -2.32. The minimum absolute atomic E-state index is 1.11. The number of hydrogen-bond donors (Lipinski definition) is 0. The molecule has 16 heterocycles. The minimum Gasteiger partial charge on any atom is -0.344 e. The molecule has 12 aromatic carbocycles. The first-order valence-corrected chi connectivity index (χ1v) is 48.3. The second-order valence-electron chi connectivity index (χ2n) is 39.0. The Morgan fingerprint density at radius 2 is 0.421 bits per heavy atom. The molecule has 14 heteroatoms. The molecule has 28 rings (SSSR count). The van der Waals surface area contributed by atoms with E-state index in [1.807, 2.05) is 0 Å². The first-order chi connectivity index (χ1) is 68.2. The van der Waals surface area contributed by atoms with Gasteiger partial charge in [0.2, 0.25) is 45.6 Å². The number of fused-ring (bicyclic) bond motifs is 34. The van der Waals surface area contributed by atoms with Crippen molar-refractivity contribution in [1.29, 1.82) is 0 Å². The van der Waals surface area contributed by atoms with Crippen LogP contribution in [0.4, 0.5) is 0 Å². The van der Waals surface area contributed by atoms with Gasteiger partial charge in [-0.25, -0.2) is 0 Å². The van der Waals surface area contributed by atoms with Crippen LogP contribution in [0.15, 0.2) is 328 Å². The topological polar surface area (TPSA) is 64.8 Å². The smallest absolute Gasteiger partial charge is 0.215 e. The van der Waals surface area contributed by atoms with Gasteiger partial charge < -0.3 is 45.7 Å². The fourth-order valence-corrected chi connectivity index (χ4v) is 24.1. The van der Waals surface area contributed by atoms with Crippen LogP contribution in [0.2, 0.25) is 0 Å². The summed E-state index contributed by atoms with van der Waals surface area (Å²) in [6.45, 7) is 0. The Kier molecular flexibility index (Phi) is 17.9. The lowest BCUT2D eigenvalue weighted by Gasteiger charge is -2.08. The van der Waals surface area contributed by atoms with E-state index in [1.165, 1.54) is 220 Å². The van der Waals surface area contributed by atoms with E-state index >= 15 is 0 Å². The van der Waals surface area contributed by atoms with E-state index in [-0.39, 0.29) is 0 Å². The normalized spacial score (nSPS) is 12.8. The Morgan fingerprint density at radius 1 is 0.171 bits per heavy atom. The summed E-state index contributed by atoms with van der Waals surface area (Å²) in [7, 11) is 30.8. The van der Waals surface area contributed by atoms with Crippen LogP contribution in [0.5, 0.6) is 0 Å². The van der Waals surface area contributed by atoms with Crippen LogP contribution in [0.3, 0.4) is 0 Å². The zero-order chi connectivity index (χ0) is 94.5. The summed E-state index contributed by atoms with van der Waals surface area (Å²) in [6.07, 6.45) is 13.9. The van der Waals surface area contributed by atoms with E-state index in [1.54, 1.807) is 0 Å². The standard InChI is InChI=1S/C76H60N8.C50H42N6/c1-77-49-37-57(45-25-29-69-61(33-45)53-17-9-13-21-65(53)81(69)5)73(77)42-50-38-59(47-27-31-71-63(35-47)55-19-11-15-23-67(55)83(71)7)75(78(50)2)44-52-40-60(48-28-32-72-64(36-48)56-20-12-16-24-68(56)84(72)8)76(80(52)4)43-51-39-58(74(41-49)79(51)3)46-26-30-70-62(34-46)54-18-10-14-22-66(54)82(70)6;1-51-33-17-23-45(51)49(31-15-21-43-39(27-31)37-11-7-9-13-41(37)55(43)5)46-24-19-35(53(46)3)30-36-20-26-48(54(36)4)50(47-25-18-34(29-33)52(47)2)32-16-22-44-40(28-32)38-12-8-10-14-42(38)56(44)6/h9-44H,1-8H3;7-30H,1-6H3/q2*+2. The van der Waals surface area contributed by atoms with E-state index < -0.39 is 0 Å². The fourth-order valence-electron chi connectivity index (χ4n) is 24.1. The van der Waals surface area contributed by atoms with Gasteiger partial charge in [0.1, 0.15) is 28.2 Å². The maximum atomic E-state index is 2.42. The van der Waals surface area contributed by atoms with E-state index in [0.29, 0.717) is 0 Å². The van der Waals surface area contributed by atoms with Gasteiger partial charge in [0.15, 0.2) is 0 Å². The Hall–Kier alpha value is -17.4. The van der Waals surface area contributed by atoms with Crippen molar-refractivity contribution in [3.05, 3.63) is 384 Å². The number of nitrogens with zero attached hydrogens (tertiary/aromatic N) is 14. The van der Waals surface area contributed by atoms with Gasteiger partial charge in [-0.3, -0.25) is 0 Å². The van der Waals surface area contributed by atoms with Gasteiger partial charge in [0.25, 0.3) is 0 Å². The van der Waals surface area contributed by atoms with Crippen LogP contribution in [0.25, 0.3) is 267 Å². The highest BCUT2D eigenvalue weighted by Gasteiger charge is 2.33. The highest BCUT2D eigenvalue weighted by Crippen LogP contribution is 2.46. The zero-order valence-electron chi connectivity index (χ0n) is 80.9. The van der Waals surface area contributed by atoms with E-state index in [9.17, 15) is 0 Å². The van der Waals surface area contributed by atoms with Crippen molar-refractivity contribution in [2.45, 2.75) is 0 Å². The molecule has 0 N–H and O–H groups in total. The van der Waals surface area contributed by atoms with Gasteiger partial charge in [-0.05, 0) is 179 Å². The maximum Gasteiger partial charge on any atom is 0.215 e. The molecule has 0 unspecified atom stereocenters. The second kappa shape index (κ2) is 30.6. The molecule has 16 bridgehead atoms. The third kappa shape index (κ3) is 12.0. The van der Waals surface area contributed by atoms with Crippen LogP contribution >= 0.6 is 0 Å². The molecule has 0 saturated heterocycles. The molecule has 4 aliphatic heterocycles. The van der Waals surface area contributed by atoms with E-state index in [0.717, 1.165) is 67.3 Å². The Labute approximate surface area is 808 Å². The molecule has 140 heavy (non-hydrogen) atoms. The molecule has 0 spiro atoms. The van der Waals surface area contributed by atoms with Crippen molar-refractivity contribution in [3.8, 4) is 44.5 Å². The summed E-state index contributed by atoms with van der Waals surface area (Å²) in [4.78, 5) is 0. The molecular weight excluding hydrogens is 1710 g/mol. The van der Waals surface area contributed by atoms with Crippen LogP contribution in [0, 0.1) is 0 Å². The predicted molar refractivity (Wildman–Crippen MR) is 584 cm³/mol. The highest BCUT2D eigenvalue weighted by molar-refractivity contribution is 6.17. The SMILES string of the molecule is Cn1c2cc(-c3ccc4c(c3)c3ccccc3n4C)c1cc1[n+](C)c(cc3cc(-c4ccc5c(c4)c4ccccc4n5C)c(cc4[n+](C)c(c2)C(c2ccc5c(c2)c2ccccc2n5C)=C4)n3C)C(c2ccc3c(c2)c2ccccc2n3C)=C1.Cn1c2ccc1c(-c1ccc3c(c1)c1ccccc1n3C)c1[n+](C)c(cc3ccc(c(-c4ccc5c(c4)c4ccccc4n5C)c4[n+](C)c(c2)C=C4)n3C)C=C1. The second-order valence-corrected chi connectivity index (χ2v) is 39.0. The van der Waals surface area contributed by atoms with Crippen LogP contribution < -0.4 is 18.3 Å². The molecule has 0 amide bonds. The largest absolute Gasteiger partial charge is 0.344 e. The van der Waals surface area contributed by atoms with Crippen molar-refractivity contribution in [2.75, 3.05) is 0 Å². The van der Waals surface area contributed by atoms with Gasteiger partial charge >= 0.3 is 0 Å². The molecule has 672 valence electrons. The molecule has 0 radical (unpaired) electrons. The number of aromatic nitrogens is 14. The molecule has 24 aromatic rings. The Balaban J connectivity index is 0.000000152. The number of para-hydroxylation sites is 6. The fraction of sp³-hybridized carbons (Fsp3) is 0.111. The molecule has 12 aromatic heterocycles. The van der Waals surface area contributed by atoms with E-state index in [4.69, 9.17) is 0 Å². The molecule has 0 fully saturated rings. The third-order valence-corrected chi connectivity index (χ3v) is 32.0. The van der Waals surface area contributed by atoms with Crippen molar-refractivity contribution >= 4 is 223 Å². The number of aryl methyl sites for hydroxylation is 10. The lowest BCUT2D eigenvalue weighted by molar-refractivity contribution is -0.672. The maximum absolute atomic E-state index is 2.42. The molecule has 14 nitrogen and oxygen atoms in total. The minimum atomic E-state index is 1.11. The first-order valence-electron chi connectivity index (χ1n) is 48.3. The van der Waals surface area contributed by atoms with Gasteiger partial charge in [0.05, 0.1) is 44.3 Å². The van der Waals surface area contributed by atoms with E-state index in [2.05, 4.69) is 527 Å². The average molecular weight is 1810 g/mol. The first kappa shape index (κ1) is 82.1. The van der Waals surface area contributed by atoms with Crippen LogP contribution in [-0.4, -0.2) is 45.7 Å². The third-order valence-electron chi connectivity index (χ3n) is 32.0. The van der Waals surface area contributed by atoms with Crippen molar-refractivity contribution in [1.82, 2.24) is 45.7 Å². The quantitative estimate of drug-likeness (QED) is 0.149. The van der Waals surface area contributed by atoms with Crippen LogP contribution in [0.1, 0.15) is 56.7 Å². The monoisotopic (exact) mass is 1810 g/mol. The van der Waals surface area contributed by atoms with Crippen LogP contribution in [-0.2, 0) is 98.7 Å². The molecular formula is C126H102N14+4. The predicted octanol–water partition coefficient (Wildman–Crippen LogP) is 26.4. The molecule has 0 atom stereocenters. The highest BCUT2D eigenvalue weighted by atomic mass is 15.0. The summed E-state index contributed by atoms with van der Waals surface area (Å²) in [5, 5.41) is 15.1. The van der Waals surface area contributed by atoms with Crippen molar-refractivity contribution in [3.63, 3.8) is 0 Å². The summed E-state index contributed by atoms with van der Waals surface area (Å²) in [5.74, 6) is 0. The number of benzene rings is 12. The summed E-state index contributed by atoms with van der Waals surface area (Å²) in [6, 6.07) is 123. The van der Waals surface area contributed by atoms with Gasteiger partial charge in [-0.15, -0.1) is 0 Å². The molecule has 0 saturated carbocycles. The molecule has 4 aliphatic rings. The van der Waals surface area contributed by atoms with Crippen molar-refractivity contribution in [2.24, 2.45) is 98.7 Å². The van der Waals surface area contributed by atoms with Gasteiger partial charge in [0, 0.05) is 307 Å². The summed E-state index contributed by atoms with van der Waals surface area (Å²) in [5.41, 5.74) is 47.1. The van der Waals surface area contributed by atoms with Gasteiger partial charge in [-0.1, -0.05) is 146 Å². The molecule has 0 aliphatic carbocycles. The lowest BCUT2D eigenvalue weighted by atomic mass is 9.99. The Morgan fingerprint density at radius 3 is 0.729 bits per heavy atom. The zero-order valence-corrected chi connectivity index (χ0v) is 80.9. The van der Waals surface area contributed by atoms with Gasteiger partial charge in [-0.2, -0.15) is 18.3 Å².